The Morgan fingerprint density at radius 2 is 1.77 bits per heavy atom. The molecule has 2 N–H and O–H groups in total. The lowest BCUT2D eigenvalue weighted by molar-refractivity contribution is -0.149. The first-order chi connectivity index (χ1) is 15.9. The molecule has 1 aliphatic heterocycles. The van der Waals surface area contributed by atoms with Crippen molar-refractivity contribution in [2.45, 2.75) is 128 Å². The van der Waals surface area contributed by atoms with Gasteiger partial charge in [-0.25, -0.2) is 9.59 Å². The molecule has 0 bridgehead atoms. The average Bonchev–Trinajstić information content (AvgIpc) is 3.00. The number of nitrogens with one attached hydrogen (secondary N) is 1. The van der Waals surface area contributed by atoms with E-state index < -0.39 is 56.0 Å². The third kappa shape index (κ3) is 9.29. The molecule has 0 aliphatic carbocycles. The van der Waals surface area contributed by atoms with Crippen molar-refractivity contribution in [3.05, 3.63) is 12.7 Å². The van der Waals surface area contributed by atoms with E-state index in [1.54, 1.807) is 20.8 Å². The Balaban J connectivity index is 3.14. The molecule has 4 atom stereocenters. The Hall–Kier alpha value is -1.81. The molecule has 1 rings (SSSR count). The molecule has 2 amide bonds. The first-order valence-electron chi connectivity index (χ1n) is 12.5. The van der Waals surface area contributed by atoms with Crippen LogP contribution in [0.25, 0.3) is 0 Å². The van der Waals surface area contributed by atoms with Crippen molar-refractivity contribution in [2.75, 3.05) is 0 Å². The fourth-order valence-corrected chi connectivity index (χ4v) is 5.10. The summed E-state index contributed by atoms with van der Waals surface area (Å²) in [5.74, 6) is -2.60. The number of likely N-dealkylation sites (tertiary alicyclic amines) is 1. The highest BCUT2D eigenvalue weighted by Gasteiger charge is 2.50. The molecule has 8 nitrogen and oxygen atoms in total. The molecule has 2 radical (unpaired) electrons. The Morgan fingerprint density at radius 1 is 1.17 bits per heavy atom. The summed E-state index contributed by atoms with van der Waals surface area (Å²) in [5.41, 5.74) is -0.739. The number of hydrogen-bond donors (Lipinski definition) is 2. The van der Waals surface area contributed by atoms with Crippen LogP contribution in [0.4, 0.5) is 4.79 Å². The molecule has 1 fully saturated rings. The molecule has 35 heavy (non-hydrogen) atoms. The summed E-state index contributed by atoms with van der Waals surface area (Å²) in [6.07, 6.45) is 4.26. The number of unbranched alkanes of at least 4 members (excludes halogenated alkanes) is 3. The number of carbonyl (C=O) groups is 3. The van der Waals surface area contributed by atoms with Gasteiger partial charge in [-0.1, -0.05) is 39.7 Å². The largest absolute Gasteiger partial charge is 0.480 e. The maximum atomic E-state index is 13.7. The summed E-state index contributed by atoms with van der Waals surface area (Å²) < 4.78 is 11.8. The van der Waals surface area contributed by atoms with Crippen LogP contribution in [0, 0.1) is 0 Å². The van der Waals surface area contributed by atoms with Crippen molar-refractivity contribution in [1.29, 1.82) is 0 Å². The van der Waals surface area contributed by atoms with Gasteiger partial charge in [0, 0.05) is 12.4 Å². The van der Waals surface area contributed by atoms with Gasteiger partial charge in [-0.3, -0.25) is 4.79 Å². The number of carbonyl (C=O) groups excluding carboxylic acids is 2. The van der Waals surface area contributed by atoms with Gasteiger partial charge in [0.2, 0.25) is 5.91 Å². The lowest BCUT2D eigenvalue weighted by Crippen LogP contribution is -2.56. The minimum absolute atomic E-state index is 0.102. The van der Waals surface area contributed by atoms with E-state index in [4.69, 9.17) is 17.0 Å². The molecule has 198 valence electrons. The molecule has 1 aliphatic rings. The van der Waals surface area contributed by atoms with E-state index in [1.165, 1.54) is 4.90 Å². The van der Waals surface area contributed by atoms with Crippen LogP contribution < -0.4 is 5.32 Å². The van der Waals surface area contributed by atoms with Crippen molar-refractivity contribution in [3.8, 4) is 0 Å². The van der Waals surface area contributed by atoms with Gasteiger partial charge in [-0.15, -0.1) is 6.58 Å². The first kappa shape index (κ1) is 31.2. The van der Waals surface area contributed by atoms with Crippen molar-refractivity contribution in [2.24, 2.45) is 0 Å². The molecule has 2 unspecified atom stereocenters. The standard InChI is InChI=1S/C25H45BN2O6Si/c1-10-11-12-13-14-15-17(27-23(32)33-24(2,3)4)21(29)28-18(22(30)31)16-19(20(28)26)34-35(8,9)25(5,6)7/h10,17-20H,1,11-16H2,2-9H3,(H,27,32)(H,30,31)/t17-,18-,19?,20?/m0/s1. The lowest BCUT2D eigenvalue weighted by Gasteiger charge is -2.40. The van der Waals surface area contributed by atoms with Crippen LogP contribution in [0.15, 0.2) is 12.7 Å². The monoisotopic (exact) mass is 508 g/mol. The SMILES string of the molecule is [B]C1C(O[Si](C)(C)C(C)(C)C)C[C@@H](C(=O)O)N1C(=O)[C@H](CCCCCC=C)NC(=O)OC(C)(C)C. The molecular formula is C25H45BN2O6Si. The molecule has 0 saturated carbocycles. The number of carboxylic acids is 1. The zero-order valence-electron chi connectivity index (χ0n) is 22.8. The Labute approximate surface area is 213 Å². The van der Waals surface area contributed by atoms with Gasteiger partial charge >= 0.3 is 12.1 Å². The average molecular weight is 509 g/mol. The van der Waals surface area contributed by atoms with Gasteiger partial charge in [-0.05, 0) is 58.2 Å². The number of amides is 2. The molecule has 0 aromatic heterocycles. The maximum Gasteiger partial charge on any atom is 0.408 e. The second kappa shape index (κ2) is 12.4. The molecule has 10 heteroatoms. The van der Waals surface area contributed by atoms with Crippen LogP contribution >= 0.6 is 0 Å². The topological polar surface area (TPSA) is 105 Å². The molecular weight excluding hydrogens is 463 g/mol. The number of nitrogens with zero attached hydrogens (tertiary/aromatic N) is 1. The number of allylic oxidation sites excluding steroid dienone is 1. The molecule has 1 heterocycles. The van der Waals surface area contributed by atoms with Gasteiger partial charge in [0.1, 0.15) is 25.5 Å². The van der Waals surface area contributed by atoms with Gasteiger partial charge < -0.3 is 24.5 Å². The number of ether oxygens (including phenoxy) is 1. The number of hydrogen-bond acceptors (Lipinski definition) is 5. The zero-order valence-corrected chi connectivity index (χ0v) is 23.8. The van der Waals surface area contributed by atoms with Crippen molar-refractivity contribution < 1.29 is 28.7 Å². The minimum atomic E-state index is -2.26. The second-order valence-electron chi connectivity index (χ2n) is 11.9. The van der Waals surface area contributed by atoms with Crippen molar-refractivity contribution in [3.63, 3.8) is 0 Å². The van der Waals surface area contributed by atoms with E-state index in [9.17, 15) is 19.5 Å². The van der Waals surface area contributed by atoms with E-state index >= 15 is 0 Å². The van der Waals surface area contributed by atoms with E-state index in [-0.39, 0.29) is 11.5 Å². The number of rotatable bonds is 11. The third-order valence-electron chi connectivity index (χ3n) is 6.68. The molecule has 0 aromatic carbocycles. The quantitative estimate of drug-likeness (QED) is 0.240. The van der Waals surface area contributed by atoms with Crippen LogP contribution in [0.1, 0.15) is 80.1 Å². The van der Waals surface area contributed by atoms with Crippen LogP contribution in [-0.2, 0) is 18.8 Å². The fraction of sp³-hybridized carbons (Fsp3) is 0.800. The third-order valence-corrected chi connectivity index (χ3v) is 11.2. The number of alkyl carbamates (subject to hydrolysis) is 1. The van der Waals surface area contributed by atoms with E-state index in [0.29, 0.717) is 12.8 Å². The predicted molar refractivity (Wildman–Crippen MR) is 141 cm³/mol. The van der Waals surface area contributed by atoms with Gasteiger partial charge in [0.15, 0.2) is 8.32 Å². The Bertz CT molecular complexity index is 762. The molecule has 0 spiro atoms. The molecule has 1 saturated heterocycles. The number of carboxylic acid groups (broad SMARTS) is 1. The Kier molecular flexibility index (Phi) is 11.1. The Morgan fingerprint density at radius 3 is 2.26 bits per heavy atom. The van der Waals surface area contributed by atoms with Gasteiger partial charge in [0.05, 0.1) is 6.10 Å². The summed E-state index contributed by atoms with van der Waals surface area (Å²) in [5, 5.41) is 12.5. The van der Waals surface area contributed by atoms with E-state index in [2.05, 4.69) is 45.8 Å². The minimum Gasteiger partial charge on any atom is -0.480 e. The van der Waals surface area contributed by atoms with Crippen LogP contribution in [0.2, 0.25) is 18.1 Å². The summed E-state index contributed by atoms with van der Waals surface area (Å²) in [6, 6.07) is -2.08. The number of aliphatic carboxylic acids is 1. The summed E-state index contributed by atoms with van der Waals surface area (Å²) in [7, 11) is 4.19. The van der Waals surface area contributed by atoms with Crippen LogP contribution in [-0.4, -0.2) is 73.9 Å². The van der Waals surface area contributed by atoms with Gasteiger partial charge in [0.25, 0.3) is 0 Å². The second-order valence-corrected chi connectivity index (χ2v) is 16.6. The fourth-order valence-electron chi connectivity index (χ4n) is 3.75. The summed E-state index contributed by atoms with van der Waals surface area (Å²) in [6.45, 7) is 19.3. The highest BCUT2D eigenvalue weighted by molar-refractivity contribution is 6.74. The maximum absolute atomic E-state index is 13.7. The van der Waals surface area contributed by atoms with E-state index in [0.717, 1.165) is 19.3 Å². The zero-order chi connectivity index (χ0) is 27.2. The summed E-state index contributed by atoms with van der Waals surface area (Å²) in [4.78, 5) is 39.5. The summed E-state index contributed by atoms with van der Waals surface area (Å²) >= 11 is 0. The van der Waals surface area contributed by atoms with Crippen molar-refractivity contribution in [1.82, 2.24) is 10.2 Å². The highest BCUT2D eigenvalue weighted by atomic mass is 28.4. The first-order valence-corrected chi connectivity index (χ1v) is 15.4. The van der Waals surface area contributed by atoms with Crippen molar-refractivity contribution >= 4 is 34.1 Å². The highest BCUT2D eigenvalue weighted by Crippen LogP contribution is 2.40. The van der Waals surface area contributed by atoms with Gasteiger partial charge in [-0.2, -0.15) is 0 Å². The van der Waals surface area contributed by atoms with E-state index in [1.807, 2.05) is 6.08 Å². The van der Waals surface area contributed by atoms with Crippen LogP contribution in [0.3, 0.4) is 0 Å². The lowest BCUT2D eigenvalue weighted by atomic mass is 9.91. The normalized spacial score (nSPS) is 21.9. The van der Waals surface area contributed by atoms with Crippen LogP contribution in [0.5, 0.6) is 0 Å². The predicted octanol–water partition coefficient (Wildman–Crippen LogP) is 4.59. The molecule has 0 aromatic rings. The smallest absolute Gasteiger partial charge is 0.408 e.